The van der Waals surface area contributed by atoms with E-state index in [2.05, 4.69) is 0 Å². The van der Waals surface area contributed by atoms with Gasteiger partial charge in [-0.2, -0.15) is 0 Å². The third-order valence-electron chi connectivity index (χ3n) is 2.50. The maximum absolute atomic E-state index is 11.5. The molecule has 0 aromatic heterocycles. The molecule has 0 aliphatic rings. The van der Waals surface area contributed by atoms with E-state index in [0.717, 1.165) is 24.0 Å². The van der Waals surface area contributed by atoms with Gasteiger partial charge in [0.1, 0.15) is 5.78 Å². The standard InChI is InChI=1S/C14H22O3/c1-10(2)13(15)8-11(3)6-5-7-12(4)9-14(16)17/h6,9-10H,5,7-8H2,1-4H3,(H,16,17)/b11-6+,12-9+. The molecular weight excluding hydrogens is 216 g/mol. The second-order valence-corrected chi connectivity index (χ2v) is 4.72. The normalized spacial score (nSPS) is 13.0. The molecule has 0 aromatic carbocycles. The zero-order chi connectivity index (χ0) is 13.4. The summed E-state index contributed by atoms with van der Waals surface area (Å²) in [4.78, 5) is 21.9. The van der Waals surface area contributed by atoms with Crippen molar-refractivity contribution in [2.45, 2.75) is 47.0 Å². The monoisotopic (exact) mass is 238 g/mol. The summed E-state index contributed by atoms with van der Waals surface area (Å²) in [6.07, 6.45) is 5.24. The van der Waals surface area contributed by atoms with Gasteiger partial charge in [-0.3, -0.25) is 4.79 Å². The lowest BCUT2D eigenvalue weighted by Gasteiger charge is -2.04. The van der Waals surface area contributed by atoms with Crippen LogP contribution in [0.3, 0.4) is 0 Å². The summed E-state index contributed by atoms with van der Waals surface area (Å²) in [7, 11) is 0. The molecule has 0 fully saturated rings. The third-order valence-corrected chi connectivity index (χ3v) is 2.50. The number of rotatable bonds is 7. The molecule has 0 saturated carbocycles. The molecule has 0 aliphatic carbocycles. The van der Waals surface area contributed by atoms with Crippen LogP contribution in [0.4, 0.5) is 0 Å². The van der Waals surface area contributed by atoms with E-state index in [1.54, 1.807) is 6.92 Å². The summed E-state index contributed by atoms with van der Waals surface area (Å²) >= 11 is 0. The molecule has 0 amide bonds. The van der Waals surface area contributed by atoms with Gasteiger partial charge in [0.25, 0.3) is 0 Å². The maximum atomic E-state index is 11.5. The van der Waals surface area contributed by atoms with Crippen LogP contribution < -0.4 is 0 Å². The third kappa shape index (κ3) is 8.43. The lowest BCUT2D eigenvalue weighted by atomic mass is 10.0. The Morgan fingerprint density at radius 3 is 2.24 bits per heavy atom. The van der Waals surface area contributed by atoms with Crippen LogP contribution in [0.25, 0.3) is 0 Å². The van der Waals surface area contributed by atoms with Gasteiger partial charge in [0.2, 0.25) is 0 Å². The molecule has 17 heavy (non-hydrogen) atoms. The zero-order valence-electron chi connectivity index (χ0n) is 11.1. The van der Waals surface area contributed by atoms with Gasteiger partial charge in [0.05, 0.1) is 0 Å². The molecule has 0 unspecified atom stereocenters. The molecule has 0 heterocycles. The number of carboxylic acids is 1. The number of carbonyl (C=O) groups excluding carboxylic acids is 1. The van der Waals surface area contributed by atoms with Crippen molar-refractivity contribution in [2.75, 3.05) is 0 Å². The number of allylic oxidation sites excluding steroid dienone is 3. The van der Waals surface area contributed by atoms with Crippen LogP contribution in [0.1, 0.15) is 47.0 Å². The van der Waals surface area contributed by atoms with Gasteiger partial charge in [-0.1, -0.05) is 31.1 Å². The number of Topliss-reactive ketones (excluding diaryl/α,β-unsaturated/α-hetero) is 1. The molecular formula is C14H22O3. The smallest absolute Gasteiger partial charge is 0.328 e. The molecule has 0 spiro atoms. The first kappa shape index (κ1) is 15.6. The number of carboxylic acid groups (broad SMARTS) is 1. The summed E-state index contributed by atoms with van der Waals surface area (Å²) in [5.74, 6) is -0.582. The van der Waals surface area contributed by atoms with Crippen molar-refractivity contribution in [1.29, 1.82) is 0 Å². The van der Waals surface area contributed by atoms with E-state index in [4.69, 9.17) is 5.11 Å². The molecule has 1 N–H and O–H groups in total. The number of ketones is 1. The Bertz CT molecular complexity index is 335. The summed E-state index contributed by atoms with van der Waals surface area (Å²) < 4.78 is 0. The molecule has 0 aliphatic heterocycles. The zero-order valence-corrected chi connectivity index (χ0v) is 11.1. The van der Waals surface area contributed by atoms with E-state index in [1.807, 2.05) is 26.8 Å². The highest BCUT2D eigenvalue weighted by atomic mass is 16.4. The Hall–Kier alpha value is -1.38. The van der Waals surface area contributed by atoms with Crippen molar-refractivity contribution in [3.8, 4) is 0 Å². The predicted molar refractivity (Wildman–Crippen MR) is 68.8 cm³/mol. The fourth-order valence-corrected chi connectivity index (χ4v) is 1.38. The SMILES string of the molecule is C/C(=C\C(=O)O)CC/C=C(\C)CC(=O)C(C)C. The Morgan fingerprint density at radius 2 is 1.76 bits per heavy atom. The second-order valence-electron chi connectivity index (χ2n) is 4.72. The number of hydrogen-bond donors (Lipinski definition) is 1. The van der Waals surface area contributed by atoms with Gasteiger partial charge < -0.3 is 5.11 Å². The maximum Gasteiger partial charge on any atom is 0.328 e. The van der Waals surface area contributed by atoms with E-state index in [1.165, 1.54) is 6.08 Å². The van der Waals surface area contributed by atoms with Gasteiger partial charge in [0.15, 0.2) is 0 Å². The van der Waals surface area contributed by atoms with E-state index < -0.39 is 5.97 Å². The molecule has 96 valence electrons. The van der Waals surface area contributed by atoms with Crippen molar-refractivity contribution in [3.63, 3.8) is 0 Å². The first-order valence-electron chi connectivity index (χ1n) is 5.91. The molecule has 0 radical (unpaired) electrons. The van der Waals surface area contributed by atoms with Gasteiger partial charge in [-0.15, -0.1) is 0 Å². The molecule has 0 saturated heterocycles. The fourth-order valence-electron chi connectivity index (χ4n) is 1.38. The quantitative estimate of drug-likeness (QED) is 0.546. The van der Waals surface area contributed by atoms with Crippen molar-refractivity contribution in [2.24, 2.45) is 5.92 Å². The highest BCUT2D eigenvalue weighted by Crippen LogP contribution is 2.11. The van der Waals surface area contributed by atoms with E-state index in [-0.39, 0.29) is 11.7 Å². The first-order chi connectivity index (χ1) is 7.82. The Balaban J connectivity index is 4.09. The van der Waals surface area contributed by atoms with Crippen LogP contribution in [-0.2, 0) is 9.59 Å². The Labute approximate surface area is 103 Å². The minimum absolute atomic E-state index is 0.0759. The average molecular weight is 238 g/mol. The van der Waals surface area contributed by atoms with Crippen molar-refractivity contribution in [3.05, 3.63) is 23.3 Å². The van der Waals surface area contributed by atoms with Crippen molar-refractivity contribution >= 4 is 11.8 Å². The van der Waals surface area contributed by atoms with Crippen LogP contribution in [-0.4, -0.2) is 16.9 Å². The van der Waals surface area contributed by atoms with Gasteiger partial charge in [0, 0.05) is 18.4 Å². The molecule has 0 aromatic rings. The number of carbonyl (C=O) groups is 2. The van der Waals surface area contributed by atoms with Gasteiger partial charge in [-0.25, -0.2) is 4.79 Å². The fraction of sp³-hybridized carbons (Fsp3) is 0.571. The topological polar surface area (TPSA) is 54.4 Å². The largest absolute Gasteiger partial charge is 0.478 e. The van der Waals surface area contributed by atoms with Crippen LogP contribution in [0.5, 0.6) is 0 Å². The average Bonchev–Trinajstić information content (AvgIpc) is 2.15. The molecule has 0 rings (SSSR count). The Morgan fingerprint density at radius 1 is 1.18 bits per heavy atom. The minimum Gasteiger partial charge on any atom is -0.478 e. The summed E-state index contributed by atoms with van der Waals surface area (Å²) in [5, 5.41) is 8.54. The molecule has 3 heteroatoms. The summed E-state index contributed by atoms with van der Waals surface area (Å²) in [6, 6.07) is 0. The minimum atomic E-state index is -0.904. The molecule has 0 bridgehead atoms. The lowest BCUT2D eigenvalue weighted by molar-refractivity contribution is -0.131. The lowest BCUT2D eigenvalue weighted by Crippen LogP contribution is -2.06. The van der Waals surface area contributed by atoms with Crippen LogP contribution in [0.15, 0.2) is 23.3 Å². The van der Waals surface area contributed by atoms with E-state index in [9.17, 15) is 9.59 Å². The van der Waals surface area contributed by atoms with Crippen molar-refractivity contribution < 1.29 is 14.7 Å². The Kier molecular flexibility index (Phi) is 7.19. The van der Waals surface area contributed by atoms with Crippen molar-refractivity contribution in [1.82, 2.24) is 0 Å². The van der Waals surface area contributed by atoms with Crippen LogP contribution in [0.2, 0.25) is 0 Å². The molecule has 0 atom stereocenters. The number of aliphatic carboxylic acids is 1. The van der Waals surface area contributed by atoms with Gasteiger partial charge in [-0.05, 0) is 26.7 Å². The van der Waals surface area contributed by atoms with Gasteiger partial charge >= 0.3 is 5.97 Å². The first-order valence-corrected chi connectivity index (χ1v) is 5.91. The molecule has 3 nitrogen and oxygen atoms in total. The summed E-state index contributed by atoms with van der Waals surface area (Å²) in [6.45, 7) is 7.54. The summed E-state index contributed by atoms with van der Waals surface area (Å²) in [5.41, 5.74) is 1.91. The van der Waals surface area contributed by atoms with E-state index >= 15 is 0 Å². The van der Waals surface area contributed by atoms with Crippen LogP contribution in [0, 0.1) is 5.92 Å². The second kappa shape index (κ2) is 7.82. The predicted octanol–water partition coefficient (Wildman–Crippen LogP) is 3.36. The number of hydrogen-bond acceptors (Lipinski definition) is 2. The highest BCUT2D eigenvalue weighted by molar-refractivity contribution is 5.82. The van der Waals surface area contributed by atoms with Crippen LogP contribution >= 0.6 is 0 Å². The van der Waals surface area contributed by atoms with E-state index in [0.29, 0.717) is 6.42 Å². The highest BCUT2D eigenvalue weighted by Gasteiger charge is 2.07.